The van der Waals surface area contributed by atoms with Crippen LogP contribution in [-0.2, 0) is 23.6 Å². The molecule has 2 heterocycles. The standard InChI is InChI=1S/C19H20Cl3N5O3S/c1-5-27(31(29,30)17-12(3)23-25(4)18(17)22)19(28)16-9-11(2)26(24-16)10-13-14(20)7-6-8-15(13)21/h6-9H,5,10H2,1-4H3. The van der Waals surface area contributed by atoms with E-state index in [1.54, 1.807) is 36.7 Å². The first-order valence-electron chi connectivity index (χ1n) is 9.22. The Balaban J connectivity index is 1.97. The average molecular weight is 505 g/mol. The zero-order chi connectivity index (χ0) is 23.1. The molecule has 0 spiro atoms. The maximum absolute atomic E-state index is 13.2. The van der Waals surface area contributed by atoms with Crippen molar-refractivity contribution in [3.8, 4) is 0 Å². The van der Waals surface area contributed by atoms with Crippen LogP contribution in [0, 0.1) is 13.8 Å². The van der Waals surface area contributed by atoms with Crippen molar-refractivity contribution in [1.82, 2.24) is 23.9 Å². The molecule has 1 amide bonds. The fourth-order valence-electron chi connectivity index (χ4n) is 3.17. The zero-order valence-electron chi connectivity index (χ0n) is 17.2. The number of aryl methyl sites for hydroxylation is 3. The molecule has 0 atom stereocenters. The molecule has 0 aliphatic rings. The predicted octanol–water partition coefficient (Wildman–Crippen LogP) is 4.09. The molecule has 0 bridgehead atoms. The van der Waals surface area contributed by atoms with E-state index in [9.17, 15) is 13.2 Å². The second-order valence-corrected chi connectivity index (χ2v) is 9.80. The van der Waals surface area contributed by atoms with E-state index in [1.165, 1.54) is 24.7 Å². The highest BCUT2D eigenvalue weighted by molar-refractivity contribution is 7.89. The molecule has 0 saturated carbocycles. The molecular weight excluding hydrogens is 485 g/mol. The van der Waals surface area contributed by atoms with E-state index in [0.29, 0.717) is 21.3 Å². The SMILES string of the molecule is CCN(C(=O)c1cc(C)n(Cc2c(Cl)cccc2Cl)n1)S(=O)(=O)c1c(C)nn(C)c1Cl. The Morgan fingerprint density at radius 2 is 1.74 bits per heavy atom. The summed E-state index contributed by atoms with van der Waals surface area (Å²) in [5.74, 6) is -0.770. The summed E-state index contributed by atoms with van der Waals surface area (Å²) < 4.78 is 29.9. The van der Waals surface area contributed by atoms with Crippen LogP contribution in [0.1, 0.15) is 34.4 Å². The fourth-order valence-corrected chi connectivity index (χ4v) is 5.79. The number of hydrogen-bond donors (Lipinski definition) is 0. The lowest BCUT2D eigenvalue weighted by Crippen LogP contribution is -2.37. The maximum Gasteiger partial charge on any atom is 0.288 e. The fraction of sp³-hybridized carbons (Fsp3) is 0.316. The molecule has 0 saturated heterocycles. The molecule has 3 rings (SSSR count). The van der Waals surface area contributed by atoms with Gasteiger partial charge in [0.25, 0.3) is 15.9 Å². The molecule has 0 radical (unpaired) electrons. The maximum atomic E-state index is 13.2. The molecule has 2 aromatic heterocycles. The molecule has 1 aromatic carbocycles. The molecule has 31 heavy (non-hydrogen) atoms. The van der Waals surface area contributed by atoms with Crippen LogP contribution in [0.15, 0.2) is 29.2 Å². The summed E-state index contributed by atoms with van der Waals surface area (Å²) in [7, 11) is -2.71. The van der Waals surface area contributed by atoms with E-state index in [0.717, 1.165) is 4.31 Å². The Morgan fingerprint density at radius 1 is 1.13 bits per heavy atom. The largest absolute Gasteiger partial charge is 0.288 e. The highest BCUT2D eigenvalue weighted by atomic mass is 35.5. The number of hydrogen-bond acceptors (Lipinski definition) is 5. The molecule has 0 aliphatic carbocycles. The topological polar surface area (TPSA) is 90.1 Å². The molecule has 0 aliphatic heterocycles. The van der Waals surface area contributed by atoms with Crippen molar-refractivity contribution < 1.29 is 13.2 Å². The number of carbonyl (C=O) groups excluding carboxylic acids is 1. The Bertz CT molecular complexity index is 1250. The predicted molar refractivity (Wildman–Crippen MR) is 119 cm³/mol. The van der Waals surface area contributed by atoms with Gasteiger partial charge in [0, 0.05) is 34.9 Å². The van der Waals surface area contributed by atoms with Crippen LogP contribution in [0.4, 0.5) is 0 Å². The van der Waals surface area contributed by atoms with E-state index < -0.39 is 15.9 Å². The third kappa shape index (κ3) is 4.32. The molecule has 12 heteroatoms. The Kier molecular flexibility index (Phi) is 6.71. The number of halogens is 3. The van der Waals surface area contributed by atoms with Crippen molar-refractivity contribution in [2.75, 3.05) is 6.54 Å². The number of amides is 1. The zero-order valence-corrected chi connectivity index (χ0v) is 20.3. The number of rotatable bonds is 6. The third-order valence-corrected chi connectivity index (χ3v) is 7.99. The quantitative estimate of drug-likeness (QED) is 0.504. The van der Waals surface area contributed by atoms with Gasteiger partial charge in [-0.25, -0.2) is 12.7 Å². The van der Waals surface area contributed by atoms with Crippen LogP contribution < -0.4 is 0 Å². The minimum absolute atomic E-state index is 0.0243. The van der Waals surface area contributed by atoms with Crippen molar-refractivity contribution in [2.45, 2.75) is 32.2 Å². The summed E-state index contributed by atoms with van der Waals surface area (Å²) in [6.07, 6.45) is 0. The molecule has 3 aromatic rings. The molecule has 166 valence electrons. The second kappa shape index (κ2) is 8.82. The van der Waals surface area contributed by atoms with E-state index in [-0.39, 0.29) is 34.5 Å². The van der Waals surface area contributed by atoms with Crippen LogP contribution >= 0.6 is 34.8 Å². The van der Waals surface area contributed by atoms with Gasteiger partial charge in [0.1, 0.15) is 10.0 Å². The summed E-state index contributed by atoms with van der Waals surface area (Å²) in [6.45, 7) is 4.95. The van der Waals surface area contributed by atoms with Gasteiger partial charge in [0.15, 0.2) is 5.69 Å². The highest BCUT2D eigenvalue weighted by Gasteiger charge is 2.35. The van der Waals surface area contributed by atoms with Crippen molar-refractivity contribution in [3.05, 3.63) is 62.1 Å². The van der Waals surface area contributed by atoms with Crippen LogP contribution in [-0.4, -0.2) is 44.7 Å². The van der Waals surface area contributed by atoms with Crippen LogP contribution in [0.2, 0.25) is 15.2 Å². The minimum Gasteiger partial charge on any atom is -0.266 e. The van der Waals surface area contributed by atoms with Gasteiger partial charge >= 0.3 is 0 Å². The summed E-state index contributed by atoms with van der Waals surface area (Å²) in [4.78, 5) is 12.9. The van der Waals surface area contributed by atoms with Crippen molar-refractivity contribution >= 4 is 50.7 Å². The summed E-state index contributed by atoms with van der Waals surface area (Å²) in [6, 6.07) is 6.66. The number of benzene rings is 1. The van der Waals surface area contributed by atoms with Crippen LogP contribution in [0.25, 0.3) is 0 Å². The van der Waals surface area contributed by atoms with Gasteiger partial charge in [-0.1, -0.05) is 40.9 Å². The lowest BCUT2D eigenvalue weighted by Gasteiger charge is -2.19. The van der Waals surface area contributed by atoms with Gasteiger partial charge in [-0.15, -0.1) is 0 Å². The van der Waals surface area contributed by atoms with E-state index in [4.69, 9.17) is 34.8 Å². The molecule has 0 unspecified atom stereocenters. The molecule has 8 nitrogen and oxygen atoms in total. The smallest absolute Gasteiger partial charge is 0.266 e. The monoisotopic (exact) mass is 503 g/mol. The first kappa shape index (κ1) is 23.6. The first-order chi connectivity index (χ1) is 14.5. The van der Waals surface area contributed by atoms with Gasteiger partial charge in [0.2, 0.25) is 0 Å². The summed E-state index contributed by atoms with van der Waals surface area (Å²) in [5, 5.41) is 9.20. The van der Waals surface area contributed by atoms with Gasteiger partial charge < -0.3 is 0 Å². The van der Waals surface area contributed by atoms with Gasteiger partial charge in [-0.05, 0) is 39.0 Å². The lowest BCUT2D eigenvalue weighted by atomic mass is 10.2. The summed E-state index contributed by atoms with van der Waals surface area (Å²) in [5.41, 5.74) is 1.47. The normalized spacial score (nSPS) is 11.7. The van der Waals surface area contributed by atoms with Gasteiger partial charge in [0.05, 0.1) is 12.2 Å². The molecule has 0 N–H and O–H groups in total. The number of nitrogens with zero attached hydrogens (tertiary/aromatic N) is 5. The molecule has 0 fully saturated rings. The second-order valence-electron chi connectivity index (χ2n) is 6.83. The van der Waals surface area contributed by atoms with Crippen molar-refractivity contribution in [2.24, 2.45) is 7.05 Å². The third-order valence-electron chi connectivity index (χ3n) is 4.73. The van der Waals surface area contributed by atoms with Crippen molar-refractivity contribution in [3.63, 3.8) is 0 Å². The number of carbonyl (C=O) groups is 1. The summed E-state index contributed by atoms with van der Waals surface area (Å²) >= 11 is 18.6. The van der Waals surface area contributed by atoms with Crippen molar-refractivity contribution in [1.29, 1.82) is 0 Å². The Morgan fingerprint density at radius 3 is 2.26 bits per heavy atom. The lowest BCUT2D eigenvalue weighted by molar-refractivity contribution is 0.0860. The van der Waals surface area contributed by atoms with Crippen LogP contribution in [0.3, 0.4) is 0 Å². The van der Waals surface area contributed by atoms with Gasteiger partial charge in [-0.2, -0.15) is 10.2 Å². The number of aromatic nitrogens is 4. The highest BCUT2D eigenvalue weighted by Crippen LogP contribution is 2.29. The Hall–Kier alpha value is -2.07. The minimum atomic E-state index is -4.24. The van der Waals surface area contributed by atoms with E-state index in [2.05, 4.69) is 10.2 Å². The van der Waals surface area contributed by atoms with E-state index in [1.807, 2.05) is 0 Å². The Labute approximate surface area is 195 Å². The van der Waals surface area contributed by atoms with E-state index >= 15 is 0 Å². The average Bonchev–Trinajstić information content (AvgIpc) is 3.17. The van der Waals surface area contributed by atoms with Crippen LogP contribution in [0.5, 0.6) is 0 Å². The number of sulfonamides is 1. The molecular formula is C19H20Cl3N5O3S. The van der Waals surface area contributed by atoms with Gasteiger partial charge in [-0.3, -0.25) is 14.2 Å². The first-order valence-corrected chi connectivity index (χ1v) is 11.8.